The van der Waals surface area contributed by atoms with Crippen LogP contribution in [0.4, 0.5) is 10.1 Å². The Kier molecular flexibility index (Phi) is 4.40. The summed E-state index contributed by atoms with van der Waals surface area (Å²) in [7, 11) is 1.36. The van der Waals surface area contributed by atoms with Crippen LogP contribution < -0.4 is 5.73 Å². The minimum Gasteiger partial charge on any atom is -0.469 e. The number of halogens is 1. The highest BCUT2D eigenvalue weighted by Gasteiger charge is 2.29. The van der Waals surface area contributed by atoms with Crippen LogP contribution in [-0.2, 0) is 9.53 Å². The molecule has 0 saturated heterocycles. The lowest BCUT2D eigenvalue weighted by Crippen LogP contribution is -2.19. The summed E-state index contributed by atoms with van der Waals surface area (Å²) >= 11 is 0. The highest BCUT2D eigenvalue weighted by molar-refractivity contribution is 5.80. The van der Waals surface area contributed by atoms with Gasteiger partial charge >= 0.3 is 5.97 Å². The van der Waals surface area contributed by atoms with Crippen molar-refractivity contribution in [3.8, 4) is 0 Å². The predicted molar refractivity (Wildman–Crippen MR) is 72.1 cm³/mol. The maximum Gasteiger partial charge on any atom is 0.313 e. The Morgan fingerprint density at radius 1 is 1.47 bits per heavy atom. The second kappa shape index (κ2) is 6.04. The fraction of sp³-hybridized carbons (Fsp3) is 0.533. The topological polar surface area (TPSA) is 52.3 Å². The number of rotatable bonds is 4. The molecule has 1 aliphatic rings. The first-order valence-corrected chi connectivity index (χ1v) is 6.75. The lowest BCUT2D eigenvalue weighted by atomic mass is 9.87. The molecule has 0 radical (unpaired) electrons. The van der Waals surface area contributed by atoms with E-state index in [-0.39, 0.29) is 11.7 Å². The maximum atomic E-state index is 13.5. The van der Waals surface area contributed by atoms with Gasteiger partial charge in [-0.25, -0.2) is 4.39 Å². The highest BCUT2D eigenvalue weighted by Crippen LogP contribution is 2.36. The van der Waals surface area contributed by atoms with Crippen LogP contribution in [0.15, 0.2) is 18.2 Å². The van der Waals surface area contributed by atoms with Gasteiger partial charge in [0, 0.05) is 0 Å². The summed E-state index contributed by atoms with van der Waals surface area (Å²) in [4.78, 5) is 12.0. The molecular formula is C15H20FNO2. The molecule has 1 fully saturated rings. The molecule has 0 heterocycles. The molecule has 0 aliphatic heterocycles. The summed E-state index contributed by atoms with van der Waals surface area (Å²) in [6.45, 7) is 0. The third kappa shape index (κ3) is 3.06. The second-order valence-corrected chi connectivity index (χ2v) is 5.20. The number of hydrogen-bond acceptors (Lipinski definition) is 3. The Bertz CT molecular complexity index is 455. The number of nitrogens with two attached hydrogens (primary N) is 1. The van der Waals surface area contributed by atoms with Crippen molar-refractivity contribution in [3.05, 3.63) is 29.6 Å². The summed E-state index contributed by atoms with van der Waals surface area (Å²) < 4.78 is 18.4. The zero-order valence-electron chi connectivity index (χ0n) is 11.2. The van der Waals surface area contributed by atoms with E-state index < -0.39 is 11.7 Å². The van der Waals surface area contributed by atoms with E-state index >= 15 is 0 Å². The van der Waals surface area contributed by atoms with E-state index in [9.17, 15) is 9.18 Å². The molecule has 0 amide bonds. The average molecular weight is 265 g/mol. The van der Waals surface area contributed by atoms with Crippen LogP contribution in [0.3, 0.4) is 0 Å². The number of nitrogen functional groups attached to an aromatic ring is 1. The van der Waals surface area contributed by atoms with Crippen LogP contribution in [0.2, 0.25) is 0 Å². The summed E-state index contributed by atoms with van der Waals surface area (Å²) in [6, 6.07) is 4.61. The van der Waals surface area contributed by atoms with E-state index in [0.29, 0.717) is 17.9 Å². The number of anilines is 1. The van der Waals surface area contributed by atoms with E-state index in [1.165, 1.54) is 26.0 Å². The van der Waals surface area contributed by atoms with Crippen LogP contribution in [-0.4, -0.2) is 13.1 Å². The van der Waals surface area contributed by atoms with Crippen molar-refractivity contribution in [3.63, 3.8) is 0 Å². The van der Waals surface area contributed by atoms with E-state index in [1.54, 1.807) is 12.1 Å². The van der Waals surface area contributed by atoms with Crippen molar-refractivity contribution in [1.82, 2.24) is 0 Å². The lowest BCUT2D eigenvalue weighted by molar-refractivity contribution is -0.142. The molecule has 1 aromatic rings. The minimum atomic E-state index is -0.474. The molecule has 0 bridgehead atoms. The number of benzene rings is 1. The smallest absolute Gasteiger partial charge is 0.313 e. The Morgan fingerprint density at radius 3 is 2.79 bits per heavy atom. The average Bonchev–Trinajstić information content (AvgIpc) is 2.92. The third-order valence-electron chi connectivity index (χ3n) is 3.99. The fourth-order valence-corrected chi connectivity index (χ4v) is 2.93. The van der Waals surface area contributed by atoms with Gasteiger partial charge in [-0.1, -0.05) is 37.8 Å². The summed E-state index contributed by atoms with van der Waals surface area (Å²) in [5, 5.41) is 0. The van der Waals surface area contributed by atoms with Gasteiger partial charge in [-0.15, -0.1) is 0 Å². The molecule has 19 heavy (non-hydrogen) atoms. The Hall–Kier alpha value is -1.58. The van der Waals surface area contributed by atoms with Crippen molar-refractivity contribution in [2.75, 3.05) is 12.8 Å². The molecule has 1 aliphatic carbocycles. The lowest BCUT2D eigenvalue weighted by Gasteiger charge is -2.20. The van der Waals surface area contributed by atoms with Gasteiger partial charge < -0.3 is 10.5 Å². The van der Waals surface area contributed by atoms with Gasteiger partial charge in [0.05, 0.1) is 18.7 Å². The fourth-order valence-electron chi connectivity index (χ4n) is 2.93. The predicted octanol–water partition coefficient (Wildman–Crippen LogP) is 3.24. The highest BCUT2D eigenvalue weighted by atomic mass is 19.1. The molecule has 2 rings (SSSR count). The minimum absolute atomic E-state index is 0.0656. The summed E-state index contributed by atoms with van der Waals surface area (Å²) in [5.41, 5.74) is 6.39. The Labute approximate surface area is 112 Å². The Balaban J connectivity index is 2.25. The van der Waals surface area contributed by atoms with Crippen LogP contribution in [0.1, 0.15) is 43.6 Å². The number of carbonyl (C=O) groups excluding carboxylic acids is 1. The molecule has 1 saturated carbocycles. The number of esters is 1. The van der Waals surface area contributed by atoms with Crippen LogP contribution in [0, 0.1) is 11.7 Å². The molecule has 1 unspecified atom stereocenters. The molecule has 1 atom stereocenters. The third-order valence-corrected chi connectivity index (χ3v) is 3.99. The molecule has 4 heteroatoms. The quantitative estimate of drug-likeness (QED) is 0.671. The van der Waals surface area contributed by atoms with E-state index in [2.05, 4.69) is 0 Å². The van der Waals surface area contributed by atoms with Gasteiger partial charge in [0.25, 0.3) is 0 Å². The van der Waals surface area contributed by atoms with Crippen molar-refractivity contribution in [2.24, 2.45) is 5.92 Å². The number of hydrogen-bond donors (Lipinski definition) is 1. The molecule has 1 aromatic carbocycles. The van der Waals surface area contributed by atoms with Gasteiger partial charge in [0.15, 0.2) is 0 Å². The van der Waals surface area contributed by atoms with Crippen LogP contribution in [0.25, 0.3) is 0 Å². The first kappa shape index (κ1) is 13.8. The molecule has 3 nitrogen and oxygen atoms in total. The first-order valence-electron chi connectivity index (χ1n) is 6.75. The van der Waals surface area contributed by atoms with Crippen molar-refractivity contribution in [2.45, 2.75) is 38.0 Å². The zero-order chi connectivity index (χ0) is 13.8. The van der Waals surface area contributed by atoms with Gasteiger partial charge in [0.1, 0.15) is 5.82 Å². The van der Waals surface area contributed by atoms with Crippen molar-refractivity contribution in [1.29, 1.82) is 0 Å². The van der Waals surface area contributed by atoms with Crippen LogP contribution >= 0.6 is 0 Å². The monoisotopic (exact) mass is 265 g/mol. The molecule has 0 spiro atoms. The molecule has 104 valence electrons. The first-order chi connectivity index (χ1) is 9.13. The largest absolute Gasteiger partial charge is 0.469 e. The SMILES string of the molecule is COC(=O)C(CC1CCCC1)c1cccc(F)c1N. The molecule has 2 N–H and O–H groups in total. The second-order valence-electron chi connectivity index (χ2n) is 5.20. The van der Waals surface area contributed by atoms with E-state index in [0.717, 1.165) is 12.8 Å². The van der Waals surface area contributed by atoms with Gasteiger partial charge in [0.2, 0.25) is 0 Å². The maximum absolute atomic E-state index is 13.5. The standard InChI is InChI=1S/C15H20FNO2/c1-19-15(18)12(9-10-5-2-3-6-10)11-7-4-8-13(16)14(11)17/h4,7-8,10,12H,2-3,5-6,9,17H2,1H3. The van der Waals surface area contributed by atoms with Crippen LogP contribution in [0.5, 0.6) is 0 Å². The van der Waals surface area contributed by atoms with Gasteiger partial charge in [-0.05, 0) is 24.0 Å². The molecular weight excluding hydrogens is 245 g/mol. The summed E-state index contributed by atoms with van der Waals surface area (Å²) in [5.74, 6) is -0.752. The van der Waals surface area contributed by atoms with Crippen molar-refractivity contribution >= 4 is 11.7 Å². The van der Waals surface area contributed by atoms with E-state index in [1.807, 2.05) is 0 Å². The summed E-state index contributed by atoms with van der Waals surface area (Å²) in [6.07, 6.45) is 5.36. The Morgan fingerprint density at radius 2 is 2.16 bits per heavy atom. The molecule has 0 aromatic heterocycles. The number of methoxy groups -OCH3 is 1. The zero-order valence-corrected chi connectivity index (χ0v) is 11.2. The number of carbonyl (C=O) groups is 1. The van der Waals surface area contributed by atoms with Gasteiger partial charge in [-0.3, -0.25) is 4.79 Å². The van der Waals surface area contributed by atoms with E-state index in [4.69, 9.17) is 10.5 Å². The van der Waals surface area contributed by atoms with Gasteiger partial charge in [-0.2, -0.15) is 0 Å². The number of ether oxygens (including phenoxy) is 1. The van der Waals surface area contributed by atoms with Crippen molar-refractivity contribution < 1.29 is 13.9 Å². The number of para-hydroxylation sites is 1. The normalized spacial score (nSPS) is 17.4.